The van der Waals surface area contributed by atoms with Gasteiger partial charge in [-0.05, 0) is 26.2 Å². The highest BCUT2D eigenvalue weighted by Gasteiger charge is 2.43. The number of carbonyl (C=O) groups is 1. The van der Waals surface area contributed by atoms with Crippen LogP contribution in [-0.4, -0.2) is 40.2 Å². The third-order valence-electron chi connectivity index (χ3n) is 3.85. The number of rotatable bonds is 6. The Hall–Kier alpha value is -1.30. The fraction of sp³-hybridized carbons (Fsp3) is 0.846. The highest BCUT2D eigenvalue weighted by molar-refractivity contribution is 5.85. The summed E-state index contributed by atoms with van der Waals surface area (Å²) in [5.41, 5.74) is 4.06. The molecule has 5 N–H and O–H groups in total. The highest BCUT2D eigenvalue weighted by atomic mass is 16.4. The van der Waals surface area contributed by atoms with Gasteiger partial charge in [0.25, 0.3) is 0 Å². The predicted molar refractivity (Wildman–Crippen MR) is 75.0 cm³/mol. The molecule has 0 aromatic rings. The molecule has 0 bridgehead atoms. The zero-order valence-corrected chi connectivity index (χ0v) is 11.9. The van der Waals surface area contributed by atoms with Crippen LogP contribution >= 0.6 is 0 Å². The normalized spacial score (nSPS) is 19.9. The van der Waals surface area contributed by atoms with E-state index in [-0.39, 0.29) is 12.0 Å². The van der Waals surface area contributed by atoms with Gasteiger partial charge in [-0.15, -0.1) is 0 Å². The largest absolute Gasteiger partial charge is 0.478 e. The molecule has 0 saturated heterocycles. The number of guanidine groups is 1. The second-order valence-corrected chi connectivity index (χ2v) is 5.40. The molecular weight excluding hydrogens is 244 g/mol. The summed E-state index contributed by atoms with van der Waals surface area (Å²) in [5.74, 6) is -1.29. The molecule has 19 heavy (non-hydrogen) atoms. The molecule has 1 atom stereocenters. The number of nitrogens with zero attached hydrogens (tertiary/aromatic N) is 1. The zero-order valence-electron chi connectivity index (χ0n) is 11.9. The second-order valence-electron chi connectivity index (χ2n) is 5.40. The Morgan fingerprint density at radius 3 is 2.47 bits per heavy atom. The summed E-state index contributed by atoms with van der Waals surface area (Å²) in [6, 6.07) is 0.252. The van der Waals surface area contributed by atoms with Crippen molar-refractivity contribution in [2.24, 2.45) is 5.73 Å². The lowest BCUT2D eigenvalue weighted by Crippen LogP contribution is -2.67. The number of aliphatic carboxylic acids is 1. The molecular formula is C13H26N4O2. The Bertz CT molecular complexity index is 329. The van der Waals surface area contributed by atoms with Crippen molar-refractivity contribution in [2.45, 2.75) is 64.1 Å². The monoisotopic (exact) mass is 270 g/mol. The Morgan fingerprint density at radius 2 is 2.05 bits per heavy atom. The van der Waals surface area contributed by atoms with Gasteiger partial charge in [0.15, 0.2) is 11.6 Å². The molecule has 1 aliphatic rings. The summed E-state index contributed by atoms with van der Waals surface area (Å²) in [5, 5.41) is 19.5. The minimum atomic E-state index is -1.30. The van der Waals surface area contributed by atoms with Crippen molar-refractivity contribution in [3.63, 3.8) is 0 Å². The predicted octanol–water partition coefficient (Wildman–Crippen LogP) is 1.31. The van der Waals surface area contributed by atoms with Crippen molar-refractivity contribution in [2.75, 3.05) is 6.54 Å². The van der Waals surface area contributed by atoms with Gasteiger partial charge in [0.05, 0.1) is 0 Å². The molecule has 1 aliphatic carbocycles. The lowest BCUT2D eigenvalue weighted by molar-refractivity contribution is -0.154. The lowest BCUT2D eigenvalue weighted by atomic mass is 9.91. The fourth-order valence-corrected chi connectivity index (χ4v) is 2.92. The first kappa shape index (κ1) is 15.8. The summed E-state index contributed by atoms with van der Waals surface area (Å²) in [4.78, 5) is 13.6. The third-order valence-corrected chi connectivity index (χ3v) is 3.85. The van der Waals surface area contributed by atoms with E-state index >= 15 is 0 Å². The number of nitrogens with one attached hydrogen (secondary N) is 2. The molecule has 1 saturated carbocycles. The SMILES string of the molecule is CCCN(C1CCCCC1)[C@](C)(NC(=N)N)C(=O)O. The fourth-order valence-electron chi connectivity index (χ4n) is 2.92. The number of carboxylic acid groups (broad SMARTS) is 1. The van der Waals surface area contributed by atoms with Crippen LogP contribution in [0.4, 0.5) is 0 Å². The maximum atomic E-state index is 11.7. The van der Waals surface area contributed by atoms with Crippen LogP contribution in [-0.2, 0) is 4.79 Å². The van der Waals surface area contributed by atoms with E-state index in [1.807, 2.05) is 11.8 Å². The Morgan fingerprint density at radius 1 is 1.47 bits per heavy atom. The van der Waals surface area contributed by atoms with Crippen molar-refractivity contribution in [1.29, 1.82) is 5.41 Å². The number of nitrogens with two attached hydrogens (primary N) is 1. The lowest BCUT2D eigenvalue weighted by Gasteiger charge is -2.44. The molecule has 0 aromatic heterocycles. The van der Waals surface area contributed by atoms with E-state index in [1.54, 1.807) is 6.92 Å². The van der Waals surface area contributed by atoms with Gasteiger partial charge in [-0.1, -0.05) is 26.2 Å². The minimum absolute atomic E-state index is 0.252. The van der Waals surface area contributed by atoms with E-state index < -0.39 is 11.6 Å². The van der Waals surface area contributed by atoms with E-state index in [2.05, 4.69) is 5.32 Å². The maximum Gasteiger partial charge on any atom is 0.344 e. The Balaban J connectivity index is 2.96. The molecule has 0 heterocycles. The number of hydrogen-bond donors (Lipinski definition) is 4. The van der Waals surface area contributed by atoms with Gasteiger partial charge in [-0.25, -0.2) is 4.79 Å². The summed E-state index contributed by atoms with van der Waals surface area (Å²) in [6.45, 7) is 4.32. The van der Waals surface area contributed by atoms with Crippen molar-refractivity contribution in [3.05, 3.63) is 0 Å². The summed E-state index contributed by atoms with van der Waals surface area (Å²) < 4.78 is 0. The molecule has 1 fully saturated rings. The van der Waals surface area contributed by atoms with Crippen LogP contribution < -0.4 is 11.1 Å². The van der Waals surface area contributed by atoms with Crippen LogP contribution in [0, 0.1) is 5.41 Å². The quantitative estimate of drug-likeness (QED) is 0.331. The van der Waals surface area contributed by atoms with Crippen LogP contribution in [0.3, 0.4) is 0 Å². The van der Waals surface area contributed by atoms with E-state index in [9.17, 15) is 9.90 Å². The molecule has 0 amide bonds. The first-order chi connectivity index (χ1) is 8.91. The number of hydrogen-bond acceptors (Lipinski definition) is 3. The minimum Gasteiger partial charge on any atom is -0.478 e. The molecule has 0 spiro atoms. The highest BCUT2D eigenvalue weighted by Crippen LogP contribution is 2.27. The Labute approximate surface area is 114 Å². The van der Waals surface area contributed by atoms with Crippen LogP contribution in [0.1, 0.15) is 52.4 Å². The molecule has 0 radical (unpaired) electrons. The van der Waals surface area contributed by atoms with Crippen molar-refractivity contribution in [3.8, 4) is 0 Å². The average Bonchev–Trinajstić information content (AvgIpc) is 2.35. The smallest absolute Gasteiger partial charge is 0.344 e. The van der Waals surface area contributed by atoms with Gasteiger partial charge in [-0.3, -0.25) is 10.3 Å². The van der Waals surface area contributed by atoms with Crippen LogP contribution in [0.5, 0.6) is 0 Å². The van der Waals surface area contributed by atoms with Gasteiger partial charge in [-0.2, -0.15) is 0 Å². The van der Waals surface area contributed by atoms with Crippen molar-refractivity contribution < 1.29 is 9.90 Å². The van der Waals surface area contributed by atoms with Gasteiger partial charge >= 0.3 is 5.97 Å². The first-order valence-electron chi connectivity index (χ1n) is 7.04. The van der Waals surface area contributed by atoms with Crippen molar-refractivity contribution in [1.82, 2.24) is 10.2 Å². The van der Waals surface area contributed by atoms with Gasteiger partial charge < -0.3 is 16.2 Å². The number of carboxylic acids is 1. The van der Waals surface area contributed by atoms with E-state index in [4.69, 9.17) is 11.1 Å². The summed E-state index contributed by atoms with van der Waals surface area (Å²) >= 11 is 0. The summed E-state index contributed by atoms with van der Waals surface area (Å²) in [7, 11) is 0. The second kappa shape index (κ2) is 6.75. The van der Waals surface area contributed by atoms with E-state index in [1.165, 1.54) is 6.42 Å². The van der Waals surface area contributed by atoms with Gasteiger partial charge in [0.2, 0.25) is 0 Å². The molecule has 6 nitrogen and oxygen atoms in total. The molecule has 0 aromatic carbocycles. The molecule has 6 heteroatoms. The molecule has 1 rings (SSSR count). The maximum absolute atomic E-state index is 11.7. The standard InChI is InChI=1S/C13H26N4O2/c1-3-9-17(10-7-5-4-6-8-10)13(2,11(18)19)16-12(14)15/h10H,3-9H2,1-2H3,(H,18,19)(H4,14,15,16)/t13-/m0/s1. The van der Waals surface area contributed by atoms with E-state index in [0.29, 0.717) is 6.54 Å². The van der Waals surface area contributed by atoms with Crippen molar-refractivity contribution >= 4 is 11.9 Å². The van der Waals surface area contributed by atoms with Crippen LogP contribution in [0.25, 0.3) is 0 Å². The Kier molecular flexibility index (Phi) is 5.60. The molecule has 110 valence electrons. The van der Waals surface area contributed by atoms with Gasteiger partial charge in [0.1, 0.15) is 0 Å². The first-order valence-corrected chi connectivity index (χ1v) is 7.04. The molecule has 0 aliphatic heterocycles. The average molecular weight is 270 g/mol. The topological polar surface area (TPSA) is 102 Å². The van der Waals surface area contributed by atoms with Gasteiger partial charge in [0, 0.05) is 12.6 Å². The summed E-state index contributed by atoms with van der Waals surface area (Å²) in [6.07, 6.45) is 6.41. The van der Waals surface area contributed by atoms with Crippen LogP contribution in [0.15, 0.2) is 0 Å². The third kappa shape index (κ3) is 3.83. The van der Waals surface area contributed by atoms with Crippen LogP contribution in [0.2, 0.25) is 0 Å². The molecule has 0 unspecified atom stereocenters. The van der Waals surface area contributed by atoms with E-state index in [0.717, 1.165) is 32.1 Å². The zero-order chi connectivity index (χ0) is 14.5.